The molecule has 2 heterocycles. The molecule has 4 nitrogen and oxygen atoms in total. The Hall–Kier alpha value is -1.52. The van der Waals surface area contributed by atoms with Gasteiger partial charge in [0.1, 0.15) is 17.5 Å². The summed E-state index contributed by atoms with van der Waals surface area (Å²) in [6, 6.07) is 7.39. The van der Waals surface area contributed by atoms with Crippen LogP contribution < -0.4 is 10.2 Å². The van der Waals surface area contributed by atoms with Crippen molar-refractivity contribution in [3.63, 3.8) is 0 Å². The summed E-state index contributed by atoms with van der Waals surface area (Å²) in [7, 11) is 0. The van der Waals surface area contributed by atoms with E-state index in [1.54, 1.807) is 12.1 Å². The van der Waals surface area contributed by atoms with Crippen molar-refractivity contribution in [3.8, 4) is 0 Å². The maximum absolute atomic E-state index is 6.22. The summed E-state index contributed by atoms with van der Waals surface area (Å²) in [5, 5.41) is 4.37. The number of nitrogens with one attached hydrogen (secondary N) is 1. The van der Waals surface area contributed by atoms with Crippen molar-refractivity contribution in [1.29, 1.82) is 0 Å². The molecule has 1 aliphatic rings. The van der Waals surface area contributed by atoms with Gasteiger partial charge in [-0.25, -0.2) is 9.97 Å². The summed E-state index contributed by atoms with van der Waals surface area (Å²) < 4.78 is 0. The minimum Gasteiger partial charge on any atom is -0.356 e. The second-order valence-corrected chi connectivity index (χ2v) is 6.86. The molecular formula is C17H20Cl2N4. The Morgan fingerprint density at radius 1 is 1.13 bits per heavy atom. The third kappa shape index (κ3) is 3.88. The number of hydrogen-bond acceptors (Lipinski definition) is 4. The van der Waals surface area contributed by atoms with E-state index < -0.39 is 0 Å². The molecule has 0 atom stereocenters. The lowest BCUT2D eigenvalue weighted by Gasteiger charge is -2.31. The van der Waals surface area contributed by atoms with Crippen LogP contribution in [0.25, 0.3) is 0 Å². The predicted molar refractivity (Wildman–Crippen MR) is 97.1 cm³/mol. The highest BCUT2D eigenvalue weighted by Crippen LogP contribution is 2.33. The van der Waals surface area contributed by atoms with Crippen molar-refractivity contribution < 1.29 is 0 Å². The van der Waals surface area contributed by atoms with Crippen LogP contribution in [0.2, 0.25) is 10.0 Å². The Bertz CT molecular complexity index is 677. The zero-order chi connectivity index (χ0) is 16.4. The van der Waals surface area contributed by atoms with Gasteiger partial charge >= 0.3 is 0 Å². The first-order valence-electron chi connectivity index (χ1n) is 7.84. The lowest BCUT2D eigenvalue weighted by Crippen LogP contribution is -2.33. The molecule has 0 radical (unpaired) electrons. The van der Waals surface area contributed by atoms with E-state index in [1.807, 2.05) is 19.1 Å². The number of piperidine rings is 1. The molecule has 2 aromatic rings. The highest BCUT2D eigenvalue weighted by atomic mass is 35.5. The molecule has 0 saturated carbocycles. The molecule has 1 aromatic heterocycles. The third-order valence-corrected chi connectivity index (χ3v) is 4.78. The largest absolute Gasteiger partial charge is 0.356 e. The molecule has 122 valence electrons. The van der Waals surface area contributed by atoms with Gasteiger partial charge in [0.2, 0.25) is 0 Å². The molecule has 3 rings (SSSR count). The predicted octanol–water partition coefficient (Wildman–Crippen LogP) is 5.07. The quantitative estimate of drug-likeness (QED) is 0.838. The van der Waals surface area contributed by atoms with E-state index in [0.717, 1.165) is 30.6 Å². The number of aryl methyl sites for hydroxylation is 1. The number of para-hydroxylation sites is 1. The number of hydrogen-bond donors (Lipinski definition) is 1. The number of anilines is 3. The Balaban J connectivity index is 1.86. The number of rotatable bonds is 3. The van der Waals surface area contributed by atoms with Gasteiger partial charge in [-0.05, 0) is 37.8 Å². The first-order valence-corrected chi connectivity index (χ1v) is 8.60. The molecule has 1 aromatic carbocycles. The van der Waals surface area contributed by atoms with Gasteiger partial charge in [0.25, 0.3) is 0 Å². The van der Waals surface area contributed by atoms with Crippen LogP contribution in [-0.2, 0) is 0 Å². The Morgan fingerprint density at radius 2 is 1.78 bits per heavy atom. The second kappa shape index (κ2) is 6.93. The minimum absolute atomic E-state index is 0.571. The fourth-order valence-electron chi connectivity index (χ4n) is 2.76. The van der Waals surface area contributed by atoms with Crippen LogP contribution in [0.15, 0.2) is 24.3 Å². The van der Waals surface area contributed by atoms with Gasteiger partial charge in [-0.2, -0.15) is 0 Å². The van der Waals surface area contributed by atoms with Crippen molar-refractivity contribution in [2.24, 2.45) is 5.92 Å². The summed E-state index contributed by atoms with van der Waals surface area (Å²) in [6.45, 7) is 6.26. The minimum atomic E-state index is 0.571. The Morgan fingerprint density at radius 3 is 2.43 bits per heavy atom. The standard InChI is InChI=1S/C17H20Cl2N4/c1-11-6-8-23(9-7-11)16-10-15(20-12(2)21-16)22-17-13(18)4-3-5-14(17)19/h3-5,10-11H,6-9H2,1-2H3,(H,20,21,22). The van der Waals surface area contributed by atoms with Crippen molar-refractivity contribution in [2.75, 3.05) is 23.3 Å². The molecule has 1 saturated heterocycles. The van der Waals surface area contributed by atoms with E-state index in [-0.39, 0.29) is 0 Å². The molecule has 1 N–H and O–H groups in total. The van der Waals surface area contributed by atoms with Crippen molar-refractivity contribution in [2.45, 2.75) is 26.7 Å². The fraction of sp³-hybridized carbons (Fsp3) is 0.412. The average Bonchev–Trinajstić information content (AvgIpc) is 2.51. The molecule has 6 heteroatoms. The summed E-state index contributed by atoms with van der Waals surface area (Å²) in [6.07, 6.45) is 2.39. The number of nitrogens with zero attached hydrogens (tertiary/aromatic N) is 3. The summed E-state index contributed by atoms with van der Waals surface area (Å²) in [4.78, 5) is 11.3. The van der Waals surface area contributed by atoms with Gasteiger partial charge in [-0.15, -0.1) is 0 Å². The van der Waals surface area contributed by atoms with Crippen LogP contribution in [0, 0.1) is 12.8 Å². The first-order chi connectivity index (χ1) is 11.0. The van der Waals surface area contributed by atoms with Crippen LogP contribution in [0.5, 0.6) is 0 Å². The van der Waals surface area contributed by atoms with Crippen LogP contribution in [0.4, 0.5) is 17.3 Å². The van der Waals surface area contributed by atoms with Gasteiger partial charge in [0.05, 0.1) is 15.7 Å². The lowest BCUT2D eigenvalue weighted by molar-refractivity contribution is 0.436. The molecule has 0 unspecified atom stereocenters. The molecule has 23 heavy (non-hydrogen) atoms. The molecular weight excluding hydrogens is 331 g/mol. The normalized spacial score (nSPS) is 15.7. The maximum atomic E-state index is 6.22. The van der Waals surface area contributed by atoms with E-state index in [2.05, 4.69) is 27.1 Å². The molecule has 0 bridgehead atoms. The Kier molecular flexibility index (Phi) is 4.93. The van der Waals surface area contributed by atoms with Crippen LogP contribution >= 0.6 is 23.2 Å². The fourth-order valence-corrected chi connectivity index (χ4v) is 3.25. The average molecular weight is 351 g/mol. The molecule has 1 fully saturated rings. The number of aromatic nitrogens is 2. The first kappa shape index (κ1) is 16.3. The number of halogens is 2. The summed E-state index contributed by atoms with van der Waals surface area (Å²) in [5.74, 6) is 3.18. The molecule has 0 spiro atoms. The van der Waals surface area contributed by atoms with E-state index in [0.29, 0.717) is 21.6 Å². The van der Waals surface area contributed by atoms with E-state index in [1.165, 1.54) is 12.8 Å². The van der Waals surface area contributed by atoms with Gasteiger partial charge in [0, 0.05) is 19.2 Å². The Labute approximate surface area is 146 Å². The van der Waals surface area contributed by atoms with Gasteiger partial charge in [0.15, 0.2) is 0 Å². The molecule has 0 amide bonds. The summed E-state index contributed by atoms with van der Waals surface area (Å²) in [5.41, 5.74) is 0.673. The highest BCUT2D eigenvalue weighted by Gasteiger charge is 2.18. The van der Waals surface area contributed by atoms with Crippen molar-refractivity contribution in [1.82, 2.24) is 9.97 Å². The monoisotopic (exact) mass is 350 g/mol. The lowest BCUT2D eigenvalue weighted by atomic mass is 9.99. The zero-order valence-electron chi connectivity index (χ0n) is 13.3. The van der Waals surface area contributed by atoms with Gasteiger partial charge in [-0.1, -0.05) is 36.2 Å². The van der Waals surface area contributed by atoms with Crippen LogP contribution in [0.1, 0.15) is 25.6 Å². The third-order valence-electron chi connectivity index (χ3n) is 4.15. The number of benzene rings is 1. The van der Waals surface area contributed by atoms with Crippen molar-refractivity contribution in [3.05, 3.63) is 40.1 Å². The van der Waals surface area contributed by atoms with Gasteiger partial charge in [-0.3, -0.25) is 0 Å². The van der Waals surface area contributed by atoms with Crippen molar-refractivity contribution >= 4 is 40.5 Å². The maximum Gasteiger partial charge on any atom is 0.136 e. The van der Waals surface area contributed by atoms with E-state index >= 15 is 0 Å². The van der Waals surface area contributed by atoms with Crippen LogP contribution in [-0.4, -0.2) is 23.1 Å². The smallest absolute Gasteiger partial charge is 0.136 e. The topological polar surface area (TPSA) is 41.1 Å². The van der Waals surface area contributed by atoms with Gasteiger partial charge < -0.3 is 10.2 Å². The SMILES string of the molecule is Cc1nc(Nc2c(Cl)cccc2Cl)cc(N2CCC(C)CC2)n1. The summed E-state index contributed by atoms with van der Waals surface area (Å²) >= 11 is 12.4. The second-order valence-electron chi connectivity index (χ2n) is 6.05. The highest BCUT2D eigenvalue weighted by molar-refractivity contribution is 6.39. The molecule has 1 aliphatic heterocycles. The van der Waals surface area contributed by atoms with E-state index in [4.69, 9.17) is 23.2 Å². The van der Waals surface area contributed by atoms with Crippen LogP contribution in [0.3, 0.4) is 0 Å². The zero-order valence-corrected chi connectivity index (χ0v) is 14.8. The van der Waals surface area contributed by atoms with E-state index in [9.17, 15) is 0 Å². The molecule has 0 aliphatic carbocycles.